The van der Waals surface area contributed by atoms with Crippen LogP contribution in [0.5, 0.6) is 0 Å². The molecule has 2 aromatic carbocycles. The predicted molar refractivity (Wildman–Crippen MR) is 86.8 cm³/mol. The average Bonchev–Trinajstić information content (AvgIpc) is 2.47. The Bertz CT molecular complexity index is 558. The first-order valence-electron chi connectivity index (χ1n) is 6.50. The first-order valence-corrected chi connectivity index (χ1v) is 6.50. The zero-order valence-electron chi connectivity index (χ0n) is 11.5. The fourth-order valence-electron chi connectivity index (χ4n) is 1.90. The molecule has 0 saturated carbocycles. The molecule has 0 fully saturated rings. The van der Waals surface area contributed by atoms with Crippen LogP contribution in [0.1, 0.15) is 11.1 Å². The van der Waals surface area contributed by atoms with Gasteiger partial charge in [0.2, 0.25) is 0 Å². The maximum atomic E-state index is 10.7. The van der Waals surface area contributed by atoms with Crippen molar-refractivity contribution in [2.75, 3.05) is 5.32 Å². The Balaban J connectivity index is 0.00000220. The van der Waals surface area contributed by atoms with E-state index < -0.39 is 12.0 Å². The molecule has 0 aliphatic carbocycles. The lowest BCUT2D eigenvalue weighted by Gasteiger charge is -2.09. The predicted octanol–water partition coefficient (Wildman–Crippen LogP) is 2.67. The number of hydrogen-bond donors (Lipinski definition) is 3. The van der Waals surface area contributed by atoms with Gasteiger partial charge in [-0.3, -0.25) is 4.79 Å². The van der Waals surface area contributed by atoms with Crippen LogP contribution in [0.25, 0.3) is 0 Å². The minimum atomic E-state index is -0.976. The van der Waals surface area contributed by atoms with Gasteiger partial charge in [-0.15, -0.1) is 12.4 Å². The topological polar surface area (TPSA) is 75.3 Å². The summed E-state index contributed by atoms with van der Waals surface area (Å²) in [4.78, 5) is 10.7. The van der Waals surface area contributed by atoms with Crippen molar-refractivity contribution in [3.05, 3.63) is 65.7 Å². The highest BCUT2D eigenvalue weighted by molar-refractivity contribution is 5.85. The van der Waals surface area contributed by atoms with Gasteiger partial charge in [-0.1, -0.05) is 42.5 Å². The van der Waals surface area contributed by atoms with E-state index in [0.717, 1.165) is 17.8 Å². The van der Waals surface area contributed by atoms with Gasteiger partial charge in [-0.25, -0.2) is 0 Å². The van der Waals surface area contributed by atoms with E-state index in [1.165, 1.54) is 5.56 Å². The van der Waals surface area contributed by atoms with Crippen molar-refractivity contribution in [2.24, 2.45) is 5.73 Å². The summed E-state index contributed by atoms with van der Waals surface area (Å²) in [7, 11) is 0. The minimum Gasteiger partial charge on any atom is -0.480 e. The van der Waals surface area contributed by atoms with Crippen molar-refractivity contribution in [1.29, 1.82) is 0 Å². The van der Waals surface area contributed by atoms with Gasteiger partial charge in [0, 0.05) is 12.2 Å². The maximum absolute atomic E-state index is 10.7. The van der Waals surface area contributed by atoms with Crippen molar-refractivity contribution >= 4 is 24.1 Å². The van der Waals surface area contributed by atoms with E-state index in [4.69, 9.17) is 10.8 Å². The molecule has 5 heteroatoms. The summed E-state index contributed by atoms with van der Waals surface area (Å²) >= 11 is 0. The first kappa shape index (κ1) is 17.0. The molecule has 2 aromatic rings. The molecule has 1 atom stereocenters. The number of nitrogens with one attached hydrogen (secondary N) is 1. The van der Waals surface area contributed by atoms with Crippen LogP contribution < -0.4 is 11.1 Å². The summed E-state index contributed by atoms with van der Waals surface area (Å²) in [6.07, 6.45) is 0.342. The smallest absolute Gasteiger partial charge is 0.320 e. The van der Waals surface area contributed by atoms with Gasteiger partial charge in [-0.05, 0) is 29.7 Å². The van der Waals surface area contributed by atoms with Crippen LogP contribution in [0.2, 0.25) is 0 Å². The van der Waals surface area contributed by atoms with Gasteiger partial charge in [0.25, 0.3) is 0 Å². The molecule has 0 saturated heterocycles. The molecule has 0 amide bonds. The third-order valence-electron chi connectivity index (χ3n) is 3.07. The molecule has 0 bridgehead atoms. The Labute approximate surface area is 130 Å². The molecule has 0 unspecified atom stereocenters. The minimum absolute atomic E-state index is 0. The van der Waals surface area contributed by atoms with E-state index in [-0.39, 0.29) is 12.4 Å². The van der Waals surface area contributed by atoms with E-state index in [1.54, 1.807) is 0 Å². The first-order chi connectivity index (χ1) is 9.65. The van der Waals surface area contributed by atoms with Crippen LogP contribution in [0.4, 0.5) is 5.69 Å². The van der Waals surface area contributed by atoms with Crippen molar-refractivity contribution in [2.45, 2.75) is 19.0 Å². The van der Waals surface area contributed by atoms with E-state index >= 15 is 0 Å². The van der Waals surface area contributed by atoms with Gasteiger partial charge < -0.3 is 16.2 Å². The van der Waals surface area contributed by atoms with E-state index in [2.05, 4.69) is 17.4 Å². The SMILES string of the molecule is Cl.N[C@@H](Cc1ccc(NCc2ccccc2)cc1)C(=O)O. The molecule has 0 radical (unpaired) electrons. The van der Waals surface area contributed by atoms with E-state index in [9.17, 15) is 4.79 Å². The molecule has 4 N–H and O–H groups in total. The Hall–Kier alpha value is -2.04. The zero-order valence-corrected chi connectivity index (χ0v) is 12.3. The number of carbonyl (C=O) groups is 1. The molecular formula is C16H19ClN2O2. The number of hydrogen-bond acceptors (Lipinski definition) is 3. The van der Waals surface area contributed by atoms with Crippen LogP contribution in [0.3, 0.4) is 0 Å². The molecule has 0 aliphatic rings. The number of anilines is 1. The van der Waals surface area contributed by atoms with E-state index in [1.807, 2.05) is 42.5 Å². The lowest BCUT2D eigenvalue weighted by Crippen LogP contribution is -2.32. The summed E-state index contributed by atoms with van der Waals surface area (Å²) in [5, 5.41) is 12.1. The van der Waals surface area contributed by atoms with Crippen LogP contribution in [-0.4, -0.2) is 17.1 Å². The Morgan fingerprint density at radius 1 is 1.05 bits per heavy atom. The largest absolute Gasteiger partial charge is 0.480 e. The molecular weight excluding hydrogens is 288 g/mol. The van der Waals surface area contributed by atoms with Crippen molar-refractivity contribution in [1.82, 2.24) is 0 Å². The highest BCUT2D eigenvalue weighted by Gasteiger charge is 2.11. The van der Waals surface area contributed by atoms with Crippen molar-refractivity contribution < 1.29 is 9.90 Å². The second-order valence-corrected chi connectivity index (χ2v) is 4.68. The third kappa shape index (κ3) is 5.45. The van der Waals surface area contributed by atoms with Crippen LogP contribution in [0.15, 0.2) is 54.6 Å². The number of nitrogens with two attached hydrogens (primary N) is 1. The molecule has 0 aliphatic heterocycles. The summed E-state index contributed by atoms with van der Waals surface area (Å²) in [6, 6.07) is 17.0. The number of carboxylic acid groups (broad SMARTS) is 1. The molecule has 0 spiro atoms. The maximum Gasteiger partial charge on any atom is 0.320 e. The van der Waals surface area contributed by atoms with Gasteiger partial charge in [0.15, 0.2) is 0 Å². The molecule has 0 heterocycles. The monoisotopic (exact) mass is 306 g/mol. The van der Waals surface area contributed by atoms with Gasteiger partial charge >= 0.3 is 5.97 Å². The Morgan fingerprint density at radius 2 is 1.67 bits per heavy atom. The quantitative estimate of drug-likeness (QED) is 0.767. The number of rotatable bonds is 6. The normalized spacial score (nSPS) is 11.3. The van der Waals surface area contributed by atoms with Crippen molar-refractivity contribution in [3.63, 3.8) is 0 Å². The Kier molecular flexibility index (Phi) is 6.72. The van der Waals surface area contributed by atoms with Crippen molar-refractivity contribution in [3.8, 4) is 0 Å². The fourth-order valence-corrected chi connectivity index (χ4v) is 1.90. The van der Waals surface area contributed by atoms with Crippen LogP contribution in [-0.2, 0) is 17.8 Å². The average molecular weight is 307 g/mol. The number of halogens is 1. The summed E-state index contributed by atoms with van der Waals surface area (Å²) in [6.45, 7) is 0.759. The van der Waals surface area contributed by atoms with Crippen LogP contribution >= 0.6 is 12.4 Å². The highest BCUT2D eigenvalue weighted by Crippen LogP contribution is 2.12. The fraction of sp³-hybridized carbons (Fsp3) is 0.188. The third-order valence-corrected chi connectivity index (χ3v) is 3.07. The summed E-state index contributed by atoms with van der Waals surface area (Å²) < 4.78 is 0. The number of aliphatic carboxylic acids is 1. The lowest BCUT2D eigenvalue weighted by molar-refractivity contribution is -0.138. The van der Waals surface area contributed by atoms with Gasteiger partial charge in [0.1, 0.15) is 6.04 Å². The second-order valence-electron chi connectivity index (χ2n) is 4.68. The molecule has 21 heavy (non-hydrogen) atoms. The molecule has 2 rings (SSSR count). The number of benzene rings is 2. The van der Waals surface area contributed by atoms with E-state index in [0.29, 0.717) is 6.42 Å². The molecule has 4 nitrogen and oxygen atoms in total. The molecule has 112 valence electrons. The Morgan fingerprint density at radius 3 is 2.24 bits per heavy atom. The van der Waals surface area contributed by atoms with Gasteiger partial charge in [-0.2, -0.15) is 0 Å². The van der Waals surface area contributed by atoms with Crippen LogP contribution in [0, 0.1) is 0 Å². The highest BCUT2D eigenvalue weighted by atomic mass is 35.5. The second kappa shape index (κ2) is 8.29. The van der Waals surface area contributed by atoms with Gasteiger partial charge in [0.05, 0.1) is 0 Å². The lowest BCUT2D eigenvalue weighted by atomic mass is 10.1. The standard InChI is InChI=1S/C16H18N2O2.ClH/c17-15(16(19)20)10-12-6-8-14(9-7-12)18-11-13-4-2-1-3-5-13;/h1-9,15,18H,10-11,17H2,(H,19,20);1H/t15-;/m0./s1. The molecule has 0 aromatic heterocycles. The summed E-state index contributed by atoms with van der Waals surface area (Å²) in [5.74, 6) is -0.976. The summed E-state index contributed by atoms with van der Waals surface area (Å²) in [5.41, 5.74) is 8.64. The zero-order chi connectivity index (χ0) is 14.4. The number of carboxylic acids is 1.